The highest BCUT2D eigenvalue weighted by molar-refractivity contribution is 5.31. The summed E-state index contributed by atoms with van der Waals surface area (Å²) < 4.78 is 5.18. The average molecular weight is 248 g/mol. The number of rotatable bonds is 4. The largest absolute Gasteiger partial charge is 0.481 e. The SMILES string of the molecule is COc1cc(C)c(C2CCCN2CC(C)C)cn1. The Labute approximate surface area is 110 Å². The lowest BCUT2D eigenvalue weighted by Crippen LogP contribution is -2.27. The monoisotopic (exact) mass is 248 g/mol. The molecule has 1 saturated heterocycles. The minimum Gasteiger partial charge on any atom is -0.481 e. The maximum absolute atomic E-state index is 5.18. The summed E-state index contributed by atoms with van der Waals surface area (Å²) in [5.41, 5.74) is 2.66. The molecule has 0 spiro atoms. The van der Waals surface area contributed by atoms with Gasteiger partial charge in [-0.15, -0.1) is 0 Å². The number of methoxy groups -OCH3 is 1. The molecule has 0 radical (unpaired) electrons. The highest BCUT2D eigenvalue weighted by Crippen LogP contribution is 2.34. The molecule has 2 rings (SSSR count). The van der Waals surface area contributed by atoms with Crippen molar-refractivity contribution >= 4 is 0 Å². The summed E-state index contributed by atoms with van der Waals surface area (Å²) in [7, 11) is 1.67. The predicted octanol–water partition coefficient (Wildman–Crippen LogP) is 3.19. The second-order valence-electron chi connectivity index (χ2n) is 5.63. The average Bonchev–Trinajstić information content (AvgIpc) is 2.76. The molecule has 3 nitrogen and oxygen atoms in total. The molecule has 0 N–H and O–H groups in total. The Morgan fingerprint density at radius 1 is 1.50 bits per heavy atom. The molecule has 0 aromatic carbocycles. The molecular formula is C15H24N2O. The number of ether oxygens (including phenoxy) is 1. The molecular weight excluding hydrogens is 224 g/mol. The molecule has 2 heterocycles. The number of hydrogen-bond donors (Lipinski definition) is 0. The van der Waals surface area contributed by atoms with Crippen LogP contribution in [0.3, 0.4) is 0 Å². The quantitative estimate of drug-likeness (QED) is 0.818. The molecule has 1 fully saturated rings. The Morgan fingerprint density at radius 3 is 2.89 bits per heavy atom. The second kappa shape index (κ2) is 5.70. The Bertz CT molecular complexity index is 403. The van der Waals surface area contributed by atoms with E-state index in [1.54, 1.807) is 7.11 Å². The predicted molar refractivity (Wildman–Crippen MR) is 73.9 cm³/mol. The highest BCUT2D eigenvalue weighted by Gasteiger charge is 2.27. The van der Waals surface area contributed by atoms with E-state index in [1.807, 2.05) is 12.3 Å². The normalized spacial score (nSPS) is 20.6. The fraction of sp³-hybridized carbons (Fsp3) is 0.667. The number of nitrogens with zero attached hydrogens (tertiary/aromatic N) is 2. The van der Waals surface area contributed by atoms with E-state index in [1.165, 1.54) is 37.1 Å². The maximum Gasteiger partial charge on any atom is 0.213 e. The molecule has 1 unspecified atom stereocenters. The molecule has 1 aromatic heterocycles. The molecule has 3 heteroatoms. The van der Waals surface area contributed by atoms with E-state index in [0.29, 0.717) is 11.9 Å². The van der Waals surface area contributed by atoms with Gasteiger partial charge in [0.15, 0.2) is 0 Å². The van der Waals surface area contributed by atoms with Crippen LogP contribution in [0, 0.1) is 12.8 Å². The summed E-state index contributed by atoms with van der Waals surface area (Å²) in [5, 5.41) is 0. The molecule has 0 bridgehead atoms. The number of aryl methyl sites for hydroxylation is 1. The van der Waals surface area contributed by atoms with Crippen molar-refractivity contribution in [1.29, 1.82) is 0 Å². The van der Waals surface area contributed by atoms with Crippen molar-refractivity contribution in [1.82, 2.24) is 9.88 Å². The third kappa shape index (κ3) is 2.83. The molecule has 0 saturated carbocycles. The smallest absolute Gasteiger partial charge is 0.213 e. The zero-order chi connectivity index (χ0) is 13.1. The molecule has 0 amide bonds. The highest BCUT2D eigenvalue weighted by atomic mass is 16.5. The first-order chi connectivity index (χ1) is 8.61. The first-order valence-electron chi connectivity index (χ1n) is 6.86. The molecule has 18 heavy (non-hydrogen) atoms. The number of hydrogen-bond acceptors (Lipinski definition) is 3. The van der Waals surface area contributed by atoms with Crippen molar-refractivity contribution in [3.8, 4) is 5.88 Å². The molecule has 0 aliphatic carbocycles. The van der Waals surface area contributed by atoms with Gasteiger partial charge in [-0.05, 0) is 43.4 Å². The van der Waals surface area contributed by atoms with Gasteiger partial charge in [0.05, 0.1) is 7.11 Å². The van der Waals surface area contributed by atoms with Gasteiger partial charge in [-0.25, -0.2) is 4.98 Å². The van der Waals surface area contributed by atoms with Gasteiger partial charge in [0, 0.05) is 24.8 Å². The topological polar surface area (TPSA) is 25.4 Å². The van der Waals surface area contributed by atoms with E-state index >= 15 is 0 Å². The Kier molecular flexibility index (Phi) is 4.23. The Morgan fingerprint density at radius 2 is 2.28 bits per heavy atom. The van der Waals surface area contributed by atoms with Crippen LogP contribution in [-0.2, 0) is 0 Å². The molecule has 1 aliphatic heterocycles. The van der Waals surface area contributed by atoms with E-state index in [4.69, 9.17) is 4.74 Å². The lowest BCUT2D eigenvalue weighted by Gasteiger charge is -2.27. The van der Waals surface area contributed by atoms with E-state index in [-0.39, 0.29) is 0 Å². The van der Waals surface area contributed by atoms with Crippen LogP contribution in [0.2, 0.25) is 0 Å². The first-order valence-corrected chi connectivity index (χ1v) is 6.86. The van der Waals surface area contributed by atoms with Crippen LogP contribution in [0.5, 0.6) is 5.88 Å². The third-order valence-electron chi connectivity index (χ3n) is 3.66. The minimum absolute atomic E-state index is 0.547. The van der Waals surface area contributed by atoms with Gasteiger partial charge >= 0.3 is 0 Å². The molecule has 1 aliphatic rings. The summed E-state index contributed by atoms with van der Waals surface area (Å²) in [6.45, 7) is 9.12. The zero-order valence-electron chi connectivity index (χ0n) is 11.9. The number of pyridine rings is 1. The van der Waals surface area contributed by atoms with E-state index < -0.39 is 0 Å². The van der Waals surface area contributed by atoms with Crippen molar-refractivity contribution in [2.24, 2.45) is 5.92 Å². The zero-order valence-corrected chi connectivity index (χ0v) is 11.9. The minimum atomic E-state index is 0.547. The van der Waals surface area contributed by atoms with Crippen LogP contribution >= 0.6 is 0 Å². The van der Waals surface area contributed by atoms with Crippen LogP contribution in [0.15, 0.2) is 12.3 Å². The van der Waals surface area contributed by atoms with E-state index in [0.717, 1.165) is 5.92 Å². The summed E-state index contributed by atoms with van der Waals surface area (Å²) in [6, 6.07) is 2.59. The van der Waals surface area contributed by atoms with Crippen LogP contribution in [-0.4, -0.2) is 30.1 Å². The van der Waals surface area contributed by atoms with Crippen molar-refractivity contribution in [2.75, 3.05) is 20.2 Å². The Balaban J connectivity index is 2.19. The fourth-order valence-corrected chi connectivity index (χ4v) is 2.87. The number of aromatic nitrogens is 1. The van der Waals surface area contributed by atoms with E-state index in [2.05, 4.69) is 30.7 Å². The molecule has 1 aromatic rings. The van der Waals surface area contributed by atoms with Gasteiger partial charge in [-0.2, -0.15) is 0 Å². The van der Waals surface area contributed by atoms with Crippen molar-refractivity contribution in [3.05, 3.63) is 23.4 Å². The van der Waals surface area contributed by atoms with Gasteiger partial charge in [0.2, 0.25) is 5.88 Å². The Hall–Kier alpha value is -1.09. The molecule has 100 valence electrons. The second-order valence-corrected chi connectivity index (χ2v) is 5.63. The van der Waals surface area contributed by atoms with Gasteiger partial charge in [-0.3, -0.25) is 4.90 Å². The van der Waals surface area contributed by atoms with Crippen LogP contribution in [0.25, 0.3) is 0 Å². The summed E-state index contributed by atoms with van der Waals surface area (Å²) in [5.74, 6) is 1.43. The van der Waals surface area contributed by atoms with Crippen molar-refractivity contribution in [2.45, 2.75) is 39.7 Å². The maximum atomic E-state index is 5.18. The van der Waals surface area contributed by atoms with Crippen molar-refractivity contribution in [3.63, 3.8) is 0 Å². The molecule has 1 atom stereocenters. The van der Waals surface area contributed by atoms with Crippen LogP contribution in [0.4, 0.5) is 0 Å². The lowest BCUT2D eigenvalue weighted by atomic mass is 10.0. The lowest BCUT2D eigenvalue weighted by molar-refractivity contribution is 0.228. The van der Waals surface area contributed by atoms with Gasteiger partial charge < -0.3 is 4.74 Å². The summed E-state index contributed by atoms with van der Waals surface area (Å²) in [4.78, 5) is 6.97. The van der Waals surface area contributed by atoms with Gasteiger partial charge in [0.1, 0.15) is 0 Å². The summed E-state index contributed by atoms with van der Waals surface area (Å²) in [6.07, 6.45) is 4.54. The fourth-order valence-electron chi connectivity index (χ4n) is 2.87. The van der Waals surface area contributed by atoms with Gasteiger partial charge in [0.25, 0.3) is 0 Å². The van der Waals surface area contributed by atoms with Gasteiger partial charge in [-0.1, -0.05) is 13.8 Å². The first kappa shape index (κ1) is 13.3. The standard InChI is InChI=1S/C15H24N2O/c1-11(2)10-17-7-5-6-14(17)13-9-16-15(18-4)8-12(13)3/h8-9,11,14H,5-7,10H2,1-4H3. The summed E-state index contributed by atoms with van der Waals surface area (Å²) >= 11 is 0. The van der Waals surface area contributed by atoms with Crippen LogP contribution < -0.4 is 4.74 Å². The number of likely N-dealkylation sites (tertiary alicyclic amines) is 1. The van der Waals surface area contributed by atoms with Crippen molar-refractivity contribution < 1.29 is 4.74 Å². The van der Waals surface area contributed by atoms with E-state index in [9.17, 15) is 0 Å². The third-order valence-corrected chi connectivity index (χ3v) is 3.66. The van der Waals surface area contributed by atoms with Crippen LogP contribution in [0.1, 0.15) is 43.9 Å².